The molecule has 0 spiro atoms. The molecule has 1 amide bonds. The summed E-state index contributed by atoms with van der Waals surface area (Å²) in [6, 6.07) is 16.5. The lowest BCUT2D eigenvalue weighted by molar-refractivity contribution is -0.385. The average Bonchev–Trinajstić information content (AvgIpc) is 3.07. The third-order valence-corrected chi connectivity index (χ3v) is 4.85. The summed E-state index contributed by atoms with van der Waals surface area (Å²) in [7, 11) is 0. The molecule has 1 fully saturated rings. The van der Waals surface area contributed by atoms with Crippen molar-refractivity contribution in [2.24, 2.45) is 11.7 Å². The van der Waals surface area contributed by atoms with Crippen LogP contribution in [0.2, 0.25) is 0 Å². The maximum atomic E-state index is 12.7. The van der Waals surface area contributed by atoms with Crippen LogP contribution >= 0.6 is 12.4 Å². The summed E-state index contributed by atoms with van der Waals surface area (Å²) >= 11 is 0. The van der Waals surface area contributed by atoms with Crippen LogP contribution < -0.4 is 5.73 Å². The van der Waals surface area contributed by atoms with E-state index in [-0.39, 0.29) is 42.3 Å². The van der Waals surface area contributed by atoms with E-state index in [4.69, 9.17) is 5.73 Å². The average molecular weight is 376 g/mol. The van der Waals surface area contributed by atoms with Gasteiger partial charge in [0.25, 0.3) is 5.69 Å². The van der Waals surface area contributed by atoms with Crippen molar-refractivity contribution in [3.63, 3.8) is 0 Å². The number of para-hydroxylation sites is 1. The van der Waals surface area contributed by atoms with E-state index in [0.29, 0.717) is 25.2 Å². The number of likely N-dealkylation sites (tertiary alicyclic amines) is 1. The van der Waals surface area contributed by atoms with Gasteiger partial charge in [-0.2, -0.15) is 0 Å². The maximum Gasteiger partial charge on any atom is 0.273 e. The molecule has 2 aromatic rings. The number of nitro benzene ring substituents is 1. The van der Waals surface area contributed by atoms with E-state index in [9.17, 15) is 14.9 Å². The van der Waals surface area contributed by atoms with Crippen LogP contribution in [-0.4, -0.2) is 35.4 Å². The zero-order chi connectivity index (χ0) is 17.8. The first-order valence-electron chi connectivity index (χ1n) is 8.35. The lowest BCUT2D eigenvalue weighted by Crippen LogP contribution is -2.31. The Morgan fingerprint density at radius 2 is 1.77 bits per heavy atom. The van der Waals surface area contributed by atoms with E-state index in [1.807, 2.05) is 18.2 Å². The van der Waals surface area contributed by atoms with Gasteiger partial charge in [0.05, 0.1) is 11.3 Å². The smallest absolute Gasteiger partial charge is 0.273 e. The van der Waals surface area contributed by atoms with Crippen molar-refractivity contribution in [1.82, 2.24) is 4.90 Å². The molecular formula is C19H22ClN3O3. The predicted molar refractivity (Wildman–Crippen MR) is 102 cm³/mol. The van der Waals surface area contributed by atoms with Gasteiger partial charge < -0.3 is 10.6 Å². The number of benzene rings is 2. The molecule has 0 aromatic heterocycles. The summed E-state index contributed by atoms with van der Waals surface area (Å²) in [5.41, 5.74) is 7.53. The van der Waals surface area contributed by atoms with Gasteiger partial charge in [-0.05, 0) is 18.0 Å². The Labute approximate surface area is 158 Å². The molecule has 1 saturated heterocycles. The second kappa shape index (κ2) is 8.78. The molecule has 3 rings (SSSR count). The summed E-state index contributed by atoms with van der Waals surface area (Å²) < 4.78 is 0. The molecule has 0 aliphatic carbocycles. The highest BCUT2D eigenvalue weighted by atomic mass is 35.5. The zero-order valence-electron chi connectivity index (χ0n) is 14.3. The molecule has 0 bridgehead atoms. The second-order valence-corrected chi connectivity index (χ2v) is 6.37. The third kappa shape index (κ3) is 4.20. The first kappa shape index (κ1) is 19.9. The monoisotopic (exact) mass is 375 g/mol. The van der Waals surface area contributed by atoms with Crippen molar-refractivity contribution < 1.29 is 9.72 Å². The summed E-state index contributed by atoms with van der Waals surface area (Å²) in [5, 5.41) is 11.1. The van der Waals surface area contributed by atoms with Gasteiger partial charge in [-0.3, -0.25) is 14.9 Å². The van der Waals surface area contributed by atoms with Crippen LogP contribution in [0.4, 0.5) is 5.69 Å². The van der Waals surface area contributed by atoms with E-state index in [0.717, 1.165) is 0 Å². The second-order valence-electron chi connectivity index (χ2n) is 6.37. The van der Waals surface area contributed by atoms with Crippen LogP contribution in [0.3, 0.4) is 0 Å². The molecule has 0 unspecified atom stereocenters. The van der Waals surface area contributed by atoms with Crippen LogP contribution in [0.25, 0.3) is 0 Å². The van der Waals surface area contributed by atoms with Gasteiger partial charge in [-0.25, -0.2) is 0 Å². The van der Waals surface area contributed by atoms with Gasteiger partial charge in [0.1, 0.15) is 0 Å². The van der Waals surface area contributed by atoms with E-state index in [2.05, 4.69) is 12.1 Å². The number of nitrogens with zero attached hydrogens (tertiary/aromatic N) is 2. The van der Waals surface area contributed by atoms with E-state index >= 15 is 0 Å². The van der Waals surface area contributed by atoms with Crippen molar-refractivity contribution in [3.8, 4) is 0 Å². The van der Waals surface area contributed by atoms with Crippen molar-refractivity contribution in [3.05, 3.63) is 75.8 Å². The molecule has 26 heavy (non-hydrogen) atoms. The Hall–Kier alpha value is -2.44. The van der Waals surface area contributed by atoms with Crippen LogP contribution in [0.15, 0.2) is 54.6 Å². The van der Waals surface area contributed by atoms with Gasteiger partial charge in [0, 0.05) is 30.6 Å². The summed E-state index contributed by atoms with van der Waals surface area (Å²) in [5.74, 6) is 0.323. The fourth-order valence-electron chi connectivity index (χ4n) is 3.50. The van der Waals surface area contributed by atoms with Crippen molar-refractivity contribution in [2.75, 3.05) is 19.6 Å². The van der Waals surface area contributed by atoms with E-state index in [1.54, 1.807) is 23.1 Å². The fourth-order valence-corrected chi connectivity index (χ4v) is 3.50. The number of rotatable bonds is 5. The first-order valence-corrected chi connectivity index (χ1v) is 8.35. The highest BCUT2D eigenvalue weighted by molar-refractivity contribution is 5.85. The molecule has 138 valence electrons. The molecule has 1 aliphatic heterocycles. The zero-order valence-corrected chi connectivity index (χ0v) is 15.1. The van der Waals surface area contributed by atoms with Crippen LogP contribution in [-0.2, 0) is 11.2 Å². The Morgan fingerprint density at radius 1 is 1.12 bits per heavy atom. The molecule has 7 heteroatoms. The number of nitrogens with two attached hydrogens (primary N) is 1. The standard InChI is InChI=1S/C19H21N3O3.ClH/c20-11-16-12-21(13-17(16)14-6-2-1-3-7-14)19(23)10-15-8-4-5-9-18(15)22(24)25;/h1-9,16-17H,10-13,20H2;1H/t16-,17+;/m1./s1. The Morgan fingerprint density at radius 3 is 2.42 bits per heavy atom. The minimum atomic E-state index is -0.442. The maximum absolute atomic E-state index is 12.7. The molecule has 2 aromatic carbocycles. The molecule has 0 radical (unpaired) electrons. The van der Waals surface area contributed by atoms with Crippen molar-refractivity contribution in [1.29, 1.82) is 0 Å². The molecule has 0 saturated carbocycles. The van der Waals surface area contributed by atoms with Gasteiger partial charge in [-0.15, -0.1) is 12.4 Å². The third-order valence-electron chi connectivity index (χ3n) is 4.85. The van der Waals surface area contributed by atoms with Gasteiger partial charge >= 0.3 is 0 Å². The van der Waals surface area contributed by atoms with Crippen molar-refractivity contribution >= 4 is 24.0 Å². The SMILES string of the molecule is Cl.NC[C@@H]1CN(C(=O)Cc2ccccc2[N+](=O)[O-])C[C@H]1c1ccccc1. The summed E-state index contributed by atoms with van der Waals surface area (Å²) in [4.78, 5) is 25.2. The first-order chi connectivity index (χ1) is 12.1. The number of hydrogen-bond acceptors (Lipinski definition) is 4. The topological polar surface area (TPSA) is 89.5 Å². The van der Waals surface area contributed by atoms with Crippen molar-refractivity contribution in [2.45, 2.75) is 12.3 Å². The normalized spacial score (nSPS) is 19.0. The highest BCUT2D eigenvalue weighted by Crippen LogP contribution is 2.32. The molecule has 2 atom stereocenters. The number of halogens is 1. The largest absolute Gasteiger partial charge is 0.341 e. The summed E-state index contributed by atoms with van der Waals surface area (Å²) in [6.45, 7) is 1.70. The molecule has 2 N–H and O–H groups in total. The van der Waals surface area contributed by atoms with Gasteiger partial charge in [0.15, 0.2) is 0 Å². The van der Waals surface area contributed by atoms with E-state index in [1.165, 1.54) is 11.6 Å². The minimum absolute atomic E-state index is 0. The number of carbonyl (C=O) groups excluding carboxylic acids is 1. The minimum Gasteiger partial charge on any atom is -0.341 e. The molecule has 1 aliphatic rings. The number of amides is 1. The lowest BCUT2D eigenvalue weighted by Gasteiger charge is -2.17. The fraction of sp³-hybridized carbons (Fsp3) is 0.316. The molecule has 1 heterocycles. The number of nitro groups is 1. The predicted octanol–water partition coefficient (Wildman–Crippen LogP) is 2.76. The molecular weight excluding hydrogens is 354 g/mol. The Kier molecular flexibility index (Phi) is 6.71. The Bertz CT molecular complexity index is 770. The van der Waals surface area contributed by atoms with Gasteiger partial charge in [-0.1, -0.05) is 48.5 Å². The van der Waals surface area contributed by atoms with Gasteiger partial charge in [0.2, 0.25) is 5.91 Å². The summed E-state index contributed by atoms with van der Waals surface area (Å²) in [6.07, 6.45) is 0.0377. The number of hydrogen-bond donors (Lipinski definition) is 1. The van der Waals surface area contributed by atoms with Crippen LogP contribution in [0, 0.1) is 16.0 Å². The quantitative estimate of drug-likeness (QED) is 0.642. The van der Waals surface area contributed by atoms with E-state index < -0.39 is 4.92 Å². The van der Waals surface area contributed by atoms with Crippen LogP contribution in [0.1, 0.15) is 17.0 Å². The lowest BCUT2D eigenvalue weighted by atomic mass is 9.89. The highest BCUT2D eigenvalue weighted by Gasteiger charge is 2.35. The molecule has 6 nitrogen and oxygen atoms in total. The van der Waals surface area contributed by atoms with Crippen LogP contribution in [0.5, 0.6) is 0 Å². The Balaban J connectivity index is 0.00000243. The number of carbonyl (C=O) groups is 1.